The molecule has 1 N–H and O–H groups in total. The minimum atomic E-state index is -0.726. The summed E-state index contributed by atoms with van der Waals surface area (Å²) in [5, 5.41) is 10.0. The number of carboxylic acid groups (broad SMARTS) is 1. The van der Waals surface area contributed by atoms with E-state index in [1.54, 1.807) is 5.41 Å². The van der Waals surface area contributed by atoms with Crippen LogP contribution in [0.5, 0.6) is 0 Å². The Balaban J connectivity index is 3.63. The Labute approximate surface area is 78.0 Å². The summed E-state index contributed by atoms with van der Waals surface area (Å²) in [5.41, 5.74) is 0. The molecule has 0 aromatic carbocycles. The van der Waals surface area contributed by atoms with Crippen molar-refractivity contribution in [1.82, 2.24) is 0 Å². The molecule has 0 amide bonds. The van der Waals surface area contributed by atoms with E-state index < -0.39 is 5.97 Å². The SMILES string of the molecule is C=CSC(CCCCC)C(=O)O. The maximum absolute atomic E-state index is 10.6. The second-order valence-electron chi connectivity index (χ2n) is 2.63. The first kappa shape index (κ1) is 11.6. The van der Waals surface area contributed by atoms with Crippen LogP contribution in [0.2, 0.25) is 0 Å². The highest BCUT2D eigenvalue weighted by Crippen LogP contribution is 2.18. The molecule has 0 rings (SSSR count). The summed E-state index contributed by atoms with van der Waals surface area (Å²) in [7, 11) is 0. The number of carbonyl (C=O) groups is 1. The lowest BCUT2D eigenvalue weighted by molar-refractivity contribution is -0.136. The van der Waals surface area contributed by atoms with Crippen molar-refractivity contribution in [1.29, 1.82) is 0 Å². The van der Waals surface area contributed by atoms with Crippen molar-refractivity contribution in [2.45, 2.75) is 37.9 Å². The lowest BCUT2D eigenvalue weighted by Gasteiger charge is -2.07. The van der Waals surface area contributed by atoms with Gasteiger partial charge in [0.25, 0.3) is 0 Å². The van der Waals surface area contributed by atoms with Gasteiger partial charge in [-0.1, -0.05) is 32.8 Å². The minimum absolute atomic E-state index is 0.297. The van der Waals surface area contributed by atoms with Crippen LogP contribution in [0, 0.1) is 0 Å². The number of thioether (sulfide) groups is 1. The number of aliphatic carboxylic acids is 1. The van der Waals surface area contributed by atoms with E-state index in [0.29, 0.717) is 0 Å². The molecule has 0 heterocycles. The average molecular weight is 188 g/mol. The predicted molar refractivity (Wildman–Crippen MR) is 53.4 cm³/mol. The van der Waals surface area contributed by atoms with Crippen LogP contribution in [0.4, 0.5) is 0 Å². The first-order valence-electron chi connectivity index (χ1n) is 4.21. The Bertz CT molecular complexity index is 145. The van der Waals surface area contributed by atoms with Crippen molar-refractivity contribution in [2.24, 2.45) is 0 Å². The largest absolute Gasteiger partial charge is 0.480 e. The highest BCUT2D eigenvalue weighted by molar-refractivity contribution is 8.03. The molecule has 0 fully saturated rings. The topological polar surface area (TPSA) is 37.3 Å². The summed E-state index contributed by atoms with van der Waals surface area (Å²) < 4.78 is 0. The molecule has 0 aliphatic carbocycles. The van der Waals surface area contributed by atoms with E-state index in [1.165, 1.54) is 11.8 Å². The van der Waals surface area contributed by atoms with Crippen molar-refractivity contribution in [2.75, 3.05) is 0 Å². The monoisotopic (exact) mass is 188 g/mol. The smallest absolute Gasteiger partial charge is 0.316 e. The average Bonchev–Trinajstić information content (AvgIpc) is 2.03. The molecule has 0 aromatic rings. The van der Waals surface area contributed by atoms with Gasteiger partial charge in [-0.05, 0) is 11.8 Å². The summed E-state index contributed by atoms with van der Waals surface area (Å²) in [5.74, 6) is -0.726. The zero-order valence-corrected chi connectivity index (χ0v) is 8.27. The zero-order valence-electron chi connectivity index (χ0n) is 7.45. The van der Waals surface area contributed by atoms with Crippen LogP contribution in [0.1, 0.15) is 32.6 Å². The molecule has 0 saturated heterocycles. The molecule has 0 aliphatic rings. The second kappa shape index (κ2) is 7.22. The van der Waals surface area contributed by atoms with E-state index in [4.69, 9.17) is 5.11 Å². The summed E-state index contributed by atoms with van der Waals surface area (Å²) >= 11 is 1.30. The molecule has 1 atom stereocenters. The van der Waals surface area contributed by atoms with Crippen LogP contribution >= 0.6 is 11.8 Å². The fourth-order valence-corrected chi connectivity index (χ4v) is 1.60. The van der Waals surface area contributed by atoms with Crippen LogP contribution in [-0.4, -0.2) is 16.3 Å². The Morgan fingerprint density at radius 2 is 2.33 bits per heavy atom. The first-order valence-corrected chi connectivity index (χ1v) is 5.15. The Morgan fingerprint density at radius 1 is 1.67 bits per heavy atom. The van der Waals surface area contributed by atoms with Gasteiger partial charge in [-0.2, -0.15) is 0 Å². The van der Waals surface area contributed by atoms with Crippen LogP contribution < -0.4 is 0 Å². The second-order valence-corrected chi connectivity index (χ2v) is 3.80. The van der Waals surface area contributed by atoms with Gasteiger partial charge in [-0.15, -0.1) is 11.8 Å². The fraction of sp³-hybridized carbons (Fsp3) is 0.667. The van der Waals surface area contributed by atoms with Crippen molar-refractivity contribution in [3.05, 3.63) is 12.0 Å². The number of hydrogen-bond acceptors (Lipinski definition) is 2. The maximum atomic E-state index is 10.6. The lowest BCUT2D eigenvalue weighted by Crippen LogP contribution is -2.15. The first-order chi connectivity index (χ1) is 5.72. The number of hydrogen-bond donors (Lipinski definition) is 1. The Hall–Kier alpha value is -0.440. The Kier molecular flexibility index (Phi) is 6.96. The van der Waals surface area contributed by atoms with Gasteiger partial charge in [0.05, 0.1) is 0 Å². The third-order valence-corrected chi connectivity index (χ3v) is 2.56. The zero-order chi connectivity index (χ0) is 9.40. The Morgan fingerprint density at radius 3 is 2.75 bits per heavy atom. The maximum Gasteiger partial charge on any atom is 0.316 e. The van der Waals surface area contributed by atoms with Crippen molar-refractivity contribution in [3.8, 4) is 0 Å². The molecule has 0 spiro atoms. The third kappa shape index (κ3) is 5.24. The normalized spacial score (nSPS) is 12.4. The molecule has 70 valence electrons. The molecular weight excluding hydrogens is 172 g/mol. The van der Waals surface area contributed by atoms with Gasteiger partial charge in [0.1, 0.15) is 5.25 Å². The fourth-order valence-electron chi connectivity index (χ4n) is 0.946. The quantitative estimate of drug-likeness (QED) is 0.624. The molecule has 0 bridgehead atoms. The number of unbranched alkanes of at least 4 members (excludes halogenated alkanes) is 2. The molecule has 0 aromatic heterocycles. The summed E-state index contributed by atoms with van der Waals surface area (Å²) in [6, 6.07) is 0. The molecule has 3 heteroatoms. The van der Waals surface area contributed by atoms with Gasteiger partial charge < -0.3 is 5.11 Å². The highest BCUT2D eigenvalue weighted by atomic mass is 32.2. The summed E-state index contributed by atoms with van der Waals surface area (Å²) in [6.07, 6.45) is 3.99. The van der Waals surface area contributed by atoms with Crippen LogP contribution in [-0.2, 0) is 4.79 Å². The van der Waals surface area contributed by atoms with Crippen molar-refractivity contribution in [3.63, 3.8) is 0 Å². The van der Waals surface area contributed by atoms with E-state index in [1.807, 2.05) is 0 Å². The van der Waals surface area contributed by atoms with Gasteiger partial charge in [0.2, 0.25) is 0 Å². The molecule has 1 unspecified atom stereocenters. The van der Waals surface area contributed by atoms with Gasteiger partial charge in [-0.3, -0.25) is 4.79 Å². The van der Waals surface area contributed by atoms with Crippen LogP contribution in [0.15, 0.2) is 12.0 Å². The van der Waals surface area contributed by atoms with Crippen molar-refractivity contribution >= 4 is 17.7 Å². The van der Waals surface area contributed by atoms with Crippen LogP contribution in [0.3, 0.4) is 0 Å². The predicted octanol–water partition coefficient (Wildman–Crippen LogP) is 2.90. The van der Waals surface area contributed by atoms with Gasteiger partial charge in [0.15, 0.2) is 0 Å². The third-order valence-electron chi connectivity index (χ3n) is 1.61. The van der Waals surface area contributed by atoms with Gasteiger partial charge in [-0.25, -0.2) is 0 Å². The van der Waals surface area contributed by atoms with E-state index in [0.717, 1.165) is 25.7 Å². The van der Waals surface area contributed by atoms with Crippen molar-refractivity contribution < 1.29 is 9.90 Å². The van der Waals surface area contributed by atoms with Gasteiger partial charge in [0, 0.05) is 0 Å². The molecule has 12 heavy (non-hydrogen) atoms. The molecule has 0 saturated carbocycles. The summed E-state index contributed by atoms with van der Waals surface area (Å²) in [4.78, 5) is 10.6. The standard InChI is InChI=1S/C9H16O2S/c1-3-5-6-7-8(9(10)11)12-4-2/h4,8H,2-3,5-7H2,1H3,(H,10,11). The van der Waals surface area contributed by atoms with Gasteiger partial charge >= 0.3 is 5.97 Å². The van der Waals surface area contributed by atoms with E-state index in [9.17, 15) is 4.79 Å². The molecule has 0 aliphatic heterocycles. The number of rotatable bonds is 7. The minimum Gasteiger partial charge on any atom is -0.480 e. The molecular formula is C9H16O2S. The van der Waals surface area contributed by atoms with E-state index in [-0.39, 0.29) is 5.25 Å². The summed E-state index contributed by atoms with van der Waals surface area (Å²) in [6.45, 7) is 5.62. The van der Waals surface area contributed by atoms with E-state index >= 15 is 0 Å². The van der Waals surface area contributed by atoms with Crippen LogP contribution in [0.25, 0.3) is 0 Å². The number of carboxylic acids is 1. The van der Waals surface area contributed by atoms with E-state index in [2.05, 4.69) is 13.5 Å². The highest BCUT2D eigenvalue weighted by Gasteiger charge is 2.15. The lowest BCUT2D eigenvalue weighted by atomic mass is 10.1. The molecule has 2 nitrogen and oxygen atoms in total. The molecule has 0 radical (unpaired) electrons.